The second-order valence-electron chi connectivity index (χ2n) is 7.30. The lowest BCUT2D eigenvalue weighted by Gasteiger charge is -2.28. The van der Waals surface area contributed by atoms with Crippen molar-refractivity contribution in [2.24, 2.45) is 11.8 Å². The second kappa shape index (κ2) is 15.0. The molecule has 1 fully saturated rings. The summed E-state index contributed by atoms with van der Waals surface area (Å²) in [6.45, 7) is 3.32. The Morgan fingerprint density at radius 3 is 1.77 bits per heavy atom. The summed E-state index contributed by atoms with van der Waals surface area (Å²) in [6.07, 6.45) is 13.1. The number of hydrogen-bond acceptors (Lipinski definition) is 5. The molecule has 1 aliphatic rings. The van der Waals surface area contributed by atoms with Crippen LogP contribution in [0.25, 0.3) is 0 Å². The summed E-state index contributed by atoms with van der Waals surface area (Å²) in [6, 6.07) is 0. The van der Waals surface area contributed by atoms with Crippen molar-refractivity contribution in [2.45, 2.75) is 84.0 Å². The first-order valence-electron chi connectivity index (χ1n) is 10.5. The van der Waals surface area contributed by atoms with Crippen LogP contribution >= 0.6 is 0 Å². The van der Waals surface area contributed by atoms with Crippen LogP contribution in [0.5, 0.6) is 0 Å². The van der Waals surface area contributed by atoms with Crippen LogP contribution in [0.15, 0.2) is 0 Å². The highest BCUT2D eigenvalue weighted by molar-refractivity contribution is 5.82. The monoisotopic (exact) mass is 370 g/mol. The lowest BCUT2D eigenvalue weighted by molar-refractivity contribution is -0.163. The Labute approximate surface area is 159 Å². The third kappa shape index (κ3) is 9.56. The summed E-state index contributed by atoms with van der Waals surface area (Å²) < 4.78 is 15.6. The van der Waals surface area contributed by atoms with Gasteiger partial charge < -0.3 is 14.2 Å². The van der Waals surface area contributed by atoms with Crippen molar-refractivity contribution in [3.8, 4) is 0 Å². The number of methoxy groups -OCH3 is 1. The maximum atomic E-state index is 12.4. The normalized spacial score (nSPS) is 19.9. The molecule has 26 heavy (non-hydrogen) atoms. The van der Waals surface area contributed by atoms with Crippen molar-refractivity contribution in [1.82, 2.24) is 0 Å². The SMILES string of the molecule is CCCCCCCCCCOC(=O)C1CCCCC1C(=O)OCCOC. The highest BCUT2D eigenvalue weighted by Gasteiger charge is 2.37. The average molecular weight is 371 g/mol. The average Bonchev–Trinajstić information content (AvgIpc) is 2.66. The van der Waals surface area contributed by atoms with E-state index in [1.165, 1.54) is 38.5 Å². The summed E-state index contributed by atoms with van der Waals surface area (Å²) in [5, 5.41) is 0. The molecule has 2 unspecified atom stereocenters. The van der Waals surface area contributed by atoms with Gasteiger partial charge in [0.2, 0.25) is 0 Å². The number of ether oxygens (including phenoxy) is 3. The van der Waals surface area contributed by atoms with Crippen LogP contribution in [0.3, 0.4) is 0 Å². The molecule has 0 bridgehead atoms. The molecule has 152 valence electrons. The maximum absolute atomic E-state index is 12.4. The van der Waals surface area contributed by atoms with E-state index < -0.39 is 0 Å². The van der Waals surface area contributed by atoms with Crippen LogP contribution in [0.2, 0.25) is 0 Å². The van der Waals surface area contributed by atoms with E-state index in [0.29, 0.717) is 19.6 Å². The van der Waals surface area contributed by atoms with E-state index in [2.05, 4.69) is 6.92 Å². The predicted molar refractivity (Wildman–Crippen MR) is 102 cm³/mol. The smallest absolute Gasteiger partial charge is 0.309 e. The zero-order valence-corrected chi connectivity index (χ0v) is 16.8. The molecule has 0 saturated heterocycles. The summed E-state index contributed by atoms with van der Waals surface area (Å²) in [5.74, 6) is -1.20. The third-order valence-electron chi connectivity index (χ3n) is 5.15. The number of unbranched alkanes of at least 4 members (excludes halogenated alkanes) is 7. The molecule has 1 saturated carbocycles. The first-order chi connectivity index (χ1) is 12.7. The topological polar surface area (TPSA) is 61.8 Å². The maximum Gasteiger partial charge on any atom is 0.309 e. The van der Waals surface area contributed by atoms with Gasteiger partial charge >= 0.3 is 11.9 Å². The molecule has 0 aromatic carbocycles. The van der Waals surface area contributed by atoms with Crippen LogP contribution in [-0.4, -0.2) is 38.9 Å². The molecule has 1 aliphatic carbocycles. The van der Waals surface area contributed by atoms with Crippen LogP contribution in [0.1, 0.15) is 84.0 Å². The summed E-state index contributed by atoms with van der Waals surface area (Å²) in [7, 11) is 1.57. The predicted octanol–water partition coefficient (Wildman–Crippen LogP) is 4.67. The van der Waals surface area contributed by atoms with Crippen LogP contribution in [0, 0.1) is 11.8 Å². The Kier molecular flexibility index (Phi) is 13.2. The molecule has 0 aromatic rings. The molecule has 0 aromatic heterocycles. The molecule has 5 heteroatoms. The Hall–Kier alpha value is -1.10. The van der Waals surface area contributed by atoms with Gasteiger partial charge in [-0.2, -0.15) is 0 Å². The summed E-state index contributed by atoms with van der Waals surface area (Å²) >= 11 is 0. The Morgan fingerprint density at radius 1 is 0.731 bits per heavy atom. The molecular formula is C21H38O5. The number of esters is 2. The van der Waals surface area contributed by atoms with E-state index in [4.69, 9.17) is 14.2 Å². The van der Waals surface area contributed by atoms with E-state index in [1.54, 1.807) is 7.11 Å². The minimum atomic E-state index is -0.355. The number of carbonyl (C=O) groups is 2. The van der Waals surface area contributed by atoms with E-state index in [-0.39, 0.29) is 30.4 Å². The Morgan fingerprint density at radius 2 is 1.23 bits per heavy atom. The highest BCUT2D eigenvalue weighted by Crippen LogP contribution is 2.32. The standard InChI is InChI=1S/C21H38O5/c1-3-4-5-6-7-8-9-12-15-25-20(22)18-13-10-11-14-19(18)21(23)26-17-16-24-2/h18-19H,3-17H2,1-2H3. The van der Waals surface area contributed by atoms with E-state index in [1.807, 2.05) is 0 Å². The van der Waals surface area contributed by atoms with Crippen molar-refractivity contribution in [2.75, 3.05) is 26.9 Å². The quantitative estimate of drug-likeness (QED) is 0.328. The van der Waals surface area contributed by atoms with Crippen molar-refractivity contribution < 1.29 is 23.8 Å². The number of carbonyl (C=O) groups excluding carboxylic acids is 2. The molecule has 0 N–H and O–H groups in total. The van der Waals surface area contributed by atoms with Crippen molar-refractivity contribution in [3.05, 3.63) is 0 Å². The lowest BCUT2D eigenvalue weighted by atomic mass is 9.79. The van der Waals surface area contributed by atoms with Crippen molar-refractivity contribution >= 4 is 11.9 Å². The van der Waals surface area contributed by atoms with Gasteiger partial charge in [-0.25, -0.2) is 0 Å². The number of rotatable bonds is 14. The third-order valence-corrected chi connectivity index (χ3v) is 5.15. The summed E-state index contributed by atoms with van der Waals surface area (Å²) in [5.41, 5.74) is 0. The highest BCUT2D eigenvalue weighted by atomic mass is 16.6. The first kappa shape index (κ1) is 22.9. The minimum absolute atomic E-state index is 0.221. The molecule has 1 rings (SSSR count). The van der Waals surface area contributed by atoms with E-state index >= 15 is 0 Å². The fourth-order valence-electron chi connectivity index (χ4n) is 3.54. The largest absolute Gasteiger partial charge is 0.465 e. The fourth-order valence-corrected chi connectivity index (χ4v) is 3.54. The Balaban J connectivity index is 2.20. The molecule has 0 amide bonds. The first-order valence-corrected chi connectivity index (χ1v) is 10.5. The minimum Gasteiger partial charge on any atom is -0.465 e. The molecule has 0 aliphatic heterocycles. The number of hydrogen-bond donors (Lipinski definition) is 0. The van der Waals surface area contributed by atoms with E-state index in [0.717, 1.165) is 32.1 Å². The van der Waals surface area contributed by atoms with Gasteiger partial charge in [0.25, 0.3) is 0 Å². The zero-order chi connectivity index (χ0) is 19.0. The van der Waals surface area contributed by atoms with Gasteiger partial charge in [0.15, 0.2) is 0 Å². The van der Waals surface area contributed by atoms with Crippen LogP contribution in [-0.2, 0) is 23.8 Å². The summed E-state index contributed by atoms with van der Waals surface area (Å²) in [4.78, 5) is 24.6. The van der Waals surface area contributed by atoms with Crippen molar-refractivity contribution in [3.63, 3.8) is 0 Å². The van der Waals surface area contributed by atoms with Crippen LogP contribution < -0.4 is 0 Å². The van der Waals surface area contributed by atoms with E-state index in [9.17, 15) is 9.59 Å². The van der Waals surface area contributed by atoms with Gasteiger partial charge in [0.1, 0.15) is 6.61 Å². The molecule has 5 nitrogen and oxygen atoms in total. The van der Waals surface area contributed by atoms with Gasteiger partial charge in [-0.15, -0.1) is 0 Å². The van der Waals surface area contributed by atoms with Gasteiger partial charge in [-0.05, 0) is 19.3 Å². The Bertz CT molecular complexity index is 383. The fraction of sp³-hybridized carbons (Fsp3) is 0.905. The van der Waals surface area contributed by atoms with Gasteiger partial charge in [-0.3, -0.25) is 9.59 Å². The molecular weight excluding hydrogens is 332 g/mol. The molecule has 0 heterocycles. The molecule has 0 spiro atoms. The molecule has 2 atom stereocenters. The van der Waals surface area contributed by atoms with Crippen LogP contribution in [0.4, 0.5) is 0 Å². The zero-order valence-electron chi connectivity index (χ0n) is 16.8. The lowest BCUT2D eigenvalue weighted by Crippen LogP contribution is -2.35. The van der Waals surface area contributed by atoms with Gasteiger partial charge in [0, 0.05) is 7.11 Å². The van der Waals surface area contributed by atoms with Crippen molar-refractivity contribution in [1.29, 1.82) is 0 Å². The second-order valence-corrected chi connectivity index (χ2v) is 7.30. The molecule has 0 radical (unpaired) electrons. The van der Waals surface area contributed by atoms with Gasteiger partial charge in [0.05, 0.1) is 25.0 Å². The van der Waals surface area contributed by atoms with Gasteiger partial charge in [-0.1, -0.05) is 64.7 Å².